The van der Waals surface area contributed by atoms with Gasteiger partial charge in [-0.05, 0) is 31.0 Å². The molecule has 2 aromatic carbocycles. The van der Waals surface area contributed by atoms with E-state index in [1.165, 1.54) is 11.1 Å². The summed E-state index contributed by atoms with van der Waals surface area (Å²) in [6.45, 7) is 2.78. The molecule has 1 aliphatic heterocycles. The van der Waals surface area contributed by atoms with E-state index in [1.54, 1.807) is 16.7 Å². The summed E-state index contributed by atoms with van der Waals surface area (Å²) in [7, 11) is 0. The lowest BCUT2D eigenvalue weighted by Crippen LogP contribution is -2.26. The summed E-state index contributed by atoms with van der Waals surface area (Å²) in [6, 6.07) is 15.9. The molecule has 0 bridgehead atoms. The number of thioether (sulfide) groups is 1. The van der Waals surface area contributed by atoms with Crippen molar-refractivity contribution in [3.05, 3.63) is 59.7 Å². The number of carbonyl (C=O) groups is 2. The molecule has 1 fully saturated rings. The van der Waals surface area contributed by atoms with Gasteiger partial charge in [-0.3, -0.25) is 9.59 Å². The molecule has 130 valence electrons. The maximum atomic E-state index is 12.3. The van der Waals surface area contributed by atoms with Crippen LogP contribution in [0.2, 0.25) is 0 Å². The van der Waals surface area contributed by atoms with Crippen LogP contribution in [0.15, 0.2) is 48.5 Å². The quantitative estimate of drug-likeness (QED) is 0.853. The van der Waals surface area contributed by atoms with Gasteiger partial charge in [0.1, 0.15) is 0 Å². The molecule has 4 nitrogen and oxygen atoms in total. The molecule has 1 aliphatic rings. The third kappa shape index (κ3) is 4.63. The van der Waals surface area contributed by atoms with Crippen LogP contribution in [0.3, 0.4) is 0 Å². The number of nitrogens with zero attached hydrogens (tertiary/aromatic N) is 1. The minimum absolute atomic E-state index is 0.0452. The first-order valence-corrected chi connectivity index (χ1v) is 9.61. The third-order valence-electron chi connectivity index (χ3n) is 4.16. The van der Waals surface area contributed by atoms with Crippen molar-refractivity contribution in [2.45, 2.75) is 25.5 Å². The zero-order valence-electron chi connectivity index (χ0n) is 14.3. The number of anilines is 2. The molecule has 0 radical (unpaired) electrons. The van der Waals surface area contributed by atoms with E-state index < -0.39 is 0 Å². The molecule has 0 aliphatic carbocycles. The van der Waals surface area contributed by atoms with Crippen molar-refractivity contribution in [3.63, 3.8) is 0 Å². The van der Waals surface area contributed by atoms with E-state index in [0.717, 1.165) is 17.9 Å². The second kappa shape index (κ2) is 8.21. The zero-order chi connectivity index (χ0) is 17.6. The van der Waals surface area contributed by atoms with Gasteiger partial charge in [0.2, 0.25) is 11.8 Å². The van der Waals surface area contributed by atoms with Crippen molar-refractivity contribution in [1.29, 1.82) is 0 Å². The largest absolute Gasteiger partial charge is 0.324 e. The highest BCUT2D eigenvalue weighted by Gasteiger charge is 2.24. The molecule has 0 atom stereocenters. The molecule has 0 saturated carbocycles. The maximum absolute atomic E-state index is 12.3. The number of hydrogen-bond donors (Lipinski definition) is 1. The van der Waals surface area contributed by atoms with Crippen LogP contribution in [0.4, 0.5) is 11.4 Å². The second-order valence-corrected chi connectivity index (χ2v) is 7.18. The van der Waals surface area contributed by atoms with Crippen LogP contribution < -0.4 is 10.2 Å². The van der Waals surface area contributed by atoms with Crippen molar-refractivity contribution in [1.82, 2.24) is 0 Å². The normalized spacial score (nSPS) is 14.0. The summed E-state index contributed by atoms with van der Waals surface area (Å²) >= 11 is 1.59. The van der Waals surface area contributed by atoms with Gasteiger partial charge in [-0.15, -0.1) is 11.8 Å². The van der Waals surface area contributed by atoms with Gasteiger partial charge in [0.15, 0.2) is 0 Å². The summed E-state index contributed by atoms with van der Waals surface area (Å²) in [6.07, 6.45) is 1.45. The van der Waals surface area contributed by atoms with Gasteiger partial charge < -0.3 is 10.2 Å². The predicted molar refractivity (Wildman–Crippen MR) is 104 cm³/mol. The van der Waals surface area contributed by atoms with Crippen LogP contribution in [0.1, 0.15) is 24.0 Å². The van der Waals surface area contributed by atoms with Crippen LogP contribution >= 0.6 is 11.8 Å². The van der Waals surface area contributed by atoms with Crippen molar-refractivity contribution < 1.29 is 9.59 Å². The Morgan fingerprint density at radius 3 is 2.64 bits per heavy atom. The van der Waals surface area contributed by atoms with Crippen molar-refractivity contribution in [2.24, 2.45) is 0 Å². The minimum atomic E-state index is -0.0452. The van der Waals surface area contributed by atoms with E-state index in [-0.39, 0.29) is 11.8 Å². The lowest BCUT2D eigenvalue weighted by molar-refractivity contribution is -0.117. The molecule has 25 heavy (non-hydrogen) atoms. The number of amides is 2. The fourth-order valence-electron chi connectivity index (χ4n) is 2.85. The smallest absolute Gasteiger partial charge is 0.234 e. The van der Waals surface area contributed by atoms with E-state index in [4.69, 9.17) is 0 Å². The highest BCUT2D eigenvalue weighted by Crippen LogP contribution is 2.29. The number of nitrogens with one attached hydrogen (secondary N) is 1. The Hall–Kier alpha value is -2.27. The molecule has 5 heteroatoms. The summed E-state index contributed by atoms with van der Waals surface area (Å²) in [4.78, 5) is 26.0. The van der Waals surface area contributed by atoms with E-state index in [1.807, 2.05) is 24.3 Å². The topological polar surface area (TPSA) is 49.4 Å². The fraction of sp³-hybridized carbons (Fsp3) is 0.300. The van der Waals surface area contributed by atoms with Gasteiger partial charge in [0, 0.05) is 18.7 Å². The Labute approximate surface area is 152 Å². The van der Waals surface area contributed by atoms with Gasteiger partial charge in [-0.2, -0.15) is 0 Å². The molecular formula is C20H22N2O2S. The fourth-order valence-corrected chi connectivity index (χ4v) is 3.64. The number of benzene rings is 2. The molecule has 0 spiro atoms. The van der Waals surface area contributed by atoms with Crippen LogP contribution in [0.5, 0.6) is 0 Å². The predicted octanol–water partition coefficient (Wildman–Crippen LogP) is 3.99. The molecule has 1 N–H and O–H groups in total. The maximum Gasteiger partial charge on any atom is 0.234 e. The van der Waals surface area contributed by atoms with Crippen LogP contribution in [0, 0.1) is 6.92 Å². The molecule has 1 saturated heterocycles. The first-order chi connectivity index (χ1) is 12.1. The van der Waals surface area contributed by atoms with Crippen molar-refractivity contribution in [3.8, 4) is 0 Å². The Bertz CT molecular complexity index is 759. The second-order valence-electron chi connectivity index (χ2n) is 6.19. The lowest BCUT2D eigenvalue weighted by atomic mass is 10.2. The van der Waals surface area contributed by atoms with E-state index in [9.17, 15) is 9.59 Å². The minimum Gasteiger partial charge on any atom is -0.324 e. The number of hydrogen-bond acceptors (Lipinski definition) is 3. The molecule has 3 rings (SSSR count). The monoisotopic (exact) mass is 354 g/mol. The zero-order valence-corrected chi connectivity index (χ0v) is 15.1. The standard InChI is InChI=1S/C20H22N2O2S/c1-15-8-10-16(11-9-15)13-25-14-19(23)21-17-5-2-3-6-18(17)22-12-4-7-20(22)24/h2-3,5-6,8-11H,4,7,12-14H2,1H3,(H,21,23). The average molecular weight is 354 g/mol. The molecule has 0 aromatic heterocycles. The summed E-state index contributed by atoms with van der Waals surface area (Å²) in [5.41, 5.74) is 3.95. The lowest BCUT2D eigenvalue weighted by Gasteiger charge is -2.19. The van der Waals surface area contributed by atoms with Crippen molar-refractivity contribution in [2.75, 3.05) is 22.5 Å². The molecule has 1 heterocycles. The van der Waals surface area contributed by atoms with Gasteiger partial charge in [-0.25, -0.2) is 0 Å². The first kappa shape index (κ1) is 17.5. The molecular weight excluding hydrogens is 332 g/mol. The van der Waals surface area contributed by atoms with E-state index in [0.29, 0.717) is 24.4 Å². The Morgan fingerprint density at radius 1 is 1.16 bits per heavy atom. The van der Waals surface area contributed by atoms with Gasteiger partial charge in [0.25, 0.3) is 0 Å². The number of rotatable bonds is 6. The Kier molecular flexibility index (Phi) is 5.76. The van der Waals surface area contributed by atoms with E-state index >= 15 is 0 Å². The summed E-state index contributed by atoms with van der Waals surface area (Å²) in [5.74, 6) is 1.27. The van der Waals surface area contributed by atoms with Gasteiger partial charge >= 0.3 is 0 Å². The number of carbonyl (C=O) groups excluding carboxylic acids is 2. The highest BCUT2D eigenvalue weighted by atomic mass is 32.2. The van der Waals surface area contributed by atoms with E-state index in [2.05, 4.69) is 36.5 Å². The SMILES string of the molecule is Cc1ccc(CSCC(=O)Nc2ccccc2N2CCCC2=O)cc1. The van der Waals surface area contributed by atoms with Gasteiger partial charge in [0.05, 0.1) is 17.1 Å². The van der Waals surface area contributed by atoms with Crippen LogP contribution in [-0.4, -0.2) is 24.1 Å². The first-order valence-electron chi connectivity index (χ1n) is 8.46. The highest BCUT2D eigenvalue weighted by molar-refractivity contribution is 7.99. The molecule has 2 amide bonds. The Morgan fingerprint density at radius 2 is 1.92 bits per heavy atom. The van der Waals surface area contributed by atoms with Gasteiger partial charge in [-0.1, -0.05) is 42.0 Å². The summed E-state index contributed by atoms with van der Waals surface area (Å²) < 4.78 is 0. The average Bonchev–Trinajstić information content (AvgIpc) is 3.03. The molecule has 0 unspecified atom stereocenters. The summed E-state index contributed by atoms with van der Waals surface area (Å²) in [5, 5.41) is 2.95. The van der Waals surface area contributed by atoms with Crippen LogP contribution in [0.25, 0.3) is 0 Å². The van der Waals surface area contributed by atoms with Crippen LogP contribution in [-0.2, 0) is 15.3 Å². The third-order valence-corrected chi connectivity index (χ3v) is 5.17. The molecule has 2 aromatic rings. The number of para-hydroxylation sites is 2. The Balaban J connectivity index is 1.56. The number of aryl methyl sites for hydroxylation is 1. The van der Waals surface area contributed by atoms with Crippen molar-refractivity contribution >= 4 is 35.0 Å².